The summed E-state index contributed by atoms with van der Waals surface area (Å²) in [6, 6.07) is 22.8. The summed E-state index contributed by atoms with van der Waals surface area (Å²) in [4.78, 5) is 0. The lowest BCUT2D eigenvalue weighted by atomic mass is 10.4. The molecule has 2 aromatic rings. The van der Waals surface area contributed by atoms with Crippen LogP contribution in [0.2, 0.25) is 25.7 Å². The highest BCUT2D eigenvalue weighted by Crippen LogP contribution is 2.15. The molecular weight excluding hydrogens is 308 g/mol. The van der Waals surface area contributed by atoms with Crippen LogP contribution in [0.1, 0.15) is 6.42 Å². The van der Waals surface area contributed by atoms with Crippen LogP contribution in [-0.2, 0) is 0 Å². The first-order valence-electron chi connectivity index (χ1n) is 8.23. The molecule has 0 aliphatic carbocycles. The average Bonchev–Trinajstić information content (AvgIpc) is 2.56. The molecule has 0 heterocycles. The van der Waals surface area contributed by atoms with E-state index >= 15 is 0 Å². The third kappa shape index (κ3) is 4.57. The highest BCUT2D eigenvalue weighted by atomic mass is 28.3. The van der Waals surface area contributed by atoms with Gasteiger partial charge >= 0.3 is 0 Å². The summed E-state index contributed by atoms with van der Waals surface area (Å²) in [5.41, 5.74) is 5.73. The Morgan fingerprint density at radius 3 is 1.74 bits per heavy atom. The predicted octanol–water partition coefficient (Wildman–Crippen LogP) is 4.25. The molecule has 2 heteroatoms. The van der Waals surface area contributed by atoms with Gasteiger partial charge in [-0.3, -0.25) is 0 Å². The molecule has 0 atom stereocenters. The summed E-state index contributed by atoms with van der Waals surface area (Å²) >= 11 is 0. The molecule has 0 amide bonds. The molecule has 0 saturated heterocycles. The molecule has 0 aliphatic rings. The number of hydrogen-bond donors (Lipinski definition) is 0. The third-order valence-corrected chi connectivity index (χ3v) is 9.42. The second-order valence-electron chi connectivity index (χ2n) is 6.96. The van der Waals surface area contributed by atoms with E-state index in [4.69, 9.17) is 0 Å². The SMILES string of the molecule is C=C[Si](CCC#C[Si](C)(C)C)(c1ccccc1)c1ccccc1. The van der Waals surface area contributed by atoms with E-state index in [1.54, 1.807) is 0 Å². The predicted molar refractivity (Wildman–Crippen MR) is 109 cm³/mol. The molecule has 0 fully saturated rings. The Morgan fingerprint density at radius 1 is 0.870 bits per heavy atom. The highest BCUT2D eigenvalue weighted by Gasteiger charge is 2.33. The minimum absolute atomic E-state index is 0.951. The van der Waals surface area contributed by atoms with E-state index in [1.807, 2.05) is 0 Å². The lowest BCUT2D eigenvalue weighted by Crippen LogP contribution is -2.56. The first-order chi connectivity index (χ1) is 11.0. The first kappa shape index (κ1) is 17.5. The minimum Gasteiger partial charge on any atom is -0.132 e. The van der Waals surface area contributed by atoms with Crippen molar-refractivity contribution < 1.29 is 0 Å². The summed E-state index contributed by atoms with van der Waals surface area (Å²) in [6.07, 6.45) is 0.951. The van der Waals surface area contributed by atoms with Gasteiger partial charge < -0.3 is 0 Å². The van der Waals surface area contributed by atoms with Crippen LogP contribution < -0.4 is 10.4 Å². The fraction of sp³-hybridized carbons (Fsp3) is 0.238. The van der Waals surface area contributed by atoms with Gasteiger partial charge in [-0.15, -0.1) is 18.0 Å². The summed E-state index contributed by atoms with van der Waals surface area (Å²) in [5.74, 6) is 3.45. The van der Waals surface area contributed by atoms with Crippen molar-refractivity contribution in [3.8, 4) is 11.5 Å². The first-order valence-corrected chi connectivity index (χ1v) is 14.0. The molecule has 0 N–H and O–H groups in total. The van der Waals surface area contributed by atoms with Crippen molar-refractivity contribution in [1.82, 2.24) is 0 Å². The maximum Gasteiger partial charge on any atom is 0.141 e. The average molecular weight is 335 g/mol. The zero-order chi connectivity index (χ0) is 16.8. The Labute approximate surface area is 143 Å². The van der Waals surface area contributed by atoms with Gasteiger partial charge in [-0.2, -0.15) is 0 Å². The van der Waals surface area contributed by atoms with Crippen molar-refractivity contribution in [3.63, 3.8) is 0 Å². The van der Waals surface area contributed by atoms with Crippen molar-refractivity contribution >= 4 is 26.5 Å². The molecular formula is C21H26Si2. The zero-order valence-electron chi connectivity index (χ0n) is 14.5. The second-order valence-corrected chi connectivity index (χ2v) is 15.7. The van der Waals surface area contributed by atoms with Crippen molar-refractivity contribution in [1.29, 1.82) is 0 Å². The van der Waals surface area contributed by atoms with E-state index in [1.165, 1.54) is 10.4 Å². The Bertz CT molecular complexity index is 646. The molecule has 0 unspecified atom stereocenters. The van der Waals surface area contributed by atoms with Crippen LogP contribution >= 0.6 is 0 Å². The quantitative estimate of drug-likeness (QED) is 0.566. The molecule has 0 saturated carbocycles. The van der Waals surface area contributed by atoms with Crippen LogP contribution in [0.25, 0.3) is 0 Å². The standard InChI is InChI=1S/C21H26Si2/c1-5-23(20-14-8-6-9-15-20,21-16-10-7-11-17-21)19-13-12-18-22(2,3)4/h5-11,14-17H,1,13,19H2,2-4H3. The normalized spacial score (nSPS) is 11.4. The summed E-state index contributed by atoms with van der Waals surface area (Å²) in [6.45, 7) is 11.1. The molecule has 0 bridgehead atoms. The molecule has 23 heavy (non-hydrogen) atoms. The lowest BCUT2D eigenvalue weighted by Gasteiger charge is -2.29. The molecule has 2 aromatic carbocycles. The van der Waals surface area contributed by atoms with Crippen molar-refractivity contribution in [2.75, 3.05) is 0 Å². The van der Waals surface area contributed by atoms with E-state index in [-0.39, 0.29) is 0 Å². The number of hydrogen-bond acceptors (Lipinski definition) is 0. The van der Waals surface area contributed by atoms with Gasteiger partial charge in [0.1, 0.15) is 16.1 Å². The van der Waals surface area contributed by atoms with Crippen LogP contribution in [0.3, 0.4) is 0 Å². The molecule has 0 radical (unpaired) electrons. The van der Waals surface area contributed by atoms with Gasteiger partial charge in [0.15, 0.2) is 0 Å². The third-order valence-electron chi connectivity index (χ3n) is 4.03. The zero-order valence-corrected chi connectivity index (χ0v) is 16.5. The van der Waals surface area contributed by atoms with Crippen molar-refractivity contribution in [3.05, 3.63) is 72.9 Å². The highest BCUT2D eigenvalue weighted by molar-refractivity contribution is 7.05. The Hall–Kier alpha value is -1.83. The molecule has 0 spiro atoms. The number of rotatable bonds is 5. The Kier molecular flexibility index (Phi) is 5.82. The Morgan fingerprint density at radius 2 is 1.35 bits per heavy atom. The van der Waals surface area contributed by atoms with Gasteiger partial charge in [0.2, 0.25) is 0 Å². The van der Waals surface area contributed by atoms with Crippen LogP contribution in [0.4, 0.5) is 0 Å². The van der Waals surface area contributed by atoms with Gasteiger partial charge in [-0.05, 0) is 16.4 Å². The fourth-order valence-corrected chi connectivity index (χ4v) is 7.19. The molecule has 0 nitrogen and oxygen atoms in total. The molecule has 118 valence electrons. The van der Waals surface area contributed by atoms with Crippen molar-refractivity contribution in [2.45, 2.75) is 32.1 Å². The molecule has 0 aromatic heterocycles. The smallest absolute Gasteiger partial charge is 0.132 e. The Balaban J connectivity index is 2.39. The summed E-state index contributed by atoms with van der Waals surface area (Å²) in [5, 5.41) is 2.85. The number of benzene rings is 2. The van der Waals surface area contributed by atoms with Gasteiger partial charge in [0.25, 0.3) is 0 Å². The lowest BCUT2D eigenvalue weighted by molar-refractivity contribution is 1.23. The summed E-state index contributed by atoms with van der Waals surface area (Å²) in [7, 11) is -3.24. The monoisotopic (exact) mass is 334 g/mol. The van der Waals surface area contributed by atoms with Gasteiger partial charge in [0.05, 0.1) is 0 Å². The maximum absolute atomic E-state index is 4.24. The molecule has 0 aliphatic heterocycles. The van der Waals surface area contributed by atoms with Crippen molar-refractivity contribution in [2.24, 2.45) is 0 Å². The van der Waals surface area contributed by atoms with Gasteiger partial charge in [-0.25, -0.2) is 0 Å². The largest absolute Gasteiger partial charge is 0.141 e. The van der Waals surface area contributed by atoms with E-state index in [9.17, 15) is 0 Å². The van der Waals surface area contributed by atoms with Crippen LogP contribution in [0.15, 0.2) is 72.9 Å². The van der Waals surface area contributed by atoms with Gasteiger partial charge in [-0.1, -0.05) is 86.0 Å². The van der Waals surface area contributed by atoms with Crippen LogP contribution in [0, 0.1) is 11.5 Å². The van der Waals surface area contributed by atoms with E-state index in [2.05, 4.69) is 104 Å². The minimum atomic E-state index is -1.94. The van der Waals surface area contributed by atoms with E-state index in [0.717, 1.165) is 12.5 Å². The van der Waals surface area contributed by atoms with Crippen LogP contribution in [0.5, 0.6) is 0 Å². The van der Waals surface area contributed by atoms with Gasteiger partial charge in [0, 0.05) is 6.42 Å². The fourth-order valence-electron chi connectivity index (χ4n) is 2.85. The van der Waals surface area contributed by atoms with Crippen LogP contribution in [-0.4, -0.2) is 16.1 Å². The van der Waals surface area contributed by atoms with E-state index < -0.39 is 16.1 Å². The molecule has 2 rings (SSSR count). The second kappa shape index (κ2) is 7.63. The maximum atomic E-state index is 4.24. The summed E-state index contributed by atoms with van der Waals surface area (Å²) < 4.78 is 0. The topological polar surface area (TPSA) is 0 Å². The van der Waals surface area contributed by atoms with E-state index in [0.29, 0.717) is 0 Å².